The van der Waals surface area contributed by atoms with E-state index in [4.69, 9.17) is 0 Å². The zero-order valence-corrected chi connectivity index (χ0v) is 10.6. The first-order valence-electron chi connectivity index (χ1n) is 6.37. The summed E-state index contributed by atoms with van der Waals surface area (Å²) in [5, 5.41) is 0. The lowest BCUT2D eigenvalue weighted by Gasteiger charge is -2.19. The zero-order valence-electron chi connectivity index (χ0n) is 10.6. The molecular formula is C15H24. The van der Waals surface area contributed by atoms with E-state index in [0.29, 0.717) is 5.41 Å². The van der Waals surface area contributed by atoms with E-state index in [2.05, 4.69) is 45.9 Å². The molecule has 84 valence electrons. The van der Waals surface area contributed by atoms with Gasteiger partial charge in [0.05, 0.1) is 0 Å². The Morgan fingerprint density at radius 3 is 2.87 bits per heavy atom. The van der Waals surface area contributed by atoms with Crippen molar-refractivity contribution < 1.29 is 0 Å². The Kier molecular flexibility index (Phi) is 2.79. The fourth-order valence-corrected chi connectivity index (χ4v) is 3.59. The lowest BCUT2D eigenvalue weighted by atomic mass is 9.85. The Morgan fingerprint density at radius 2 is 2.27 bits per heavy atom. The third-order valence-corrected chi connectivity index (χ3v) is 5.02. The van der Waals surface area contributed by atoms with Gasteiger partial charge in [-0.15, -0.1) is 0 Å². The molecule has 0 aromatic rings. The summed E-state index contributed by atoms with van der Waals surface area (Å²) in [6, 6.07) is 0. The van der Waals surface area contributed by atoms with Crippen LogP contribution in [0, 0.1) is 23.2 Å². The third-order valence-electron chi connectivity index (χ3n) is 5.02. The van der Waals surface area contributed by atoms with Gasteiger partial charge in [0, 0.05) is 0 Å². The van der Waals surface area contributed by atoms with Crippen molar-refractivity contribution in [2.75, 3.05) is 0 Å². The van der Waals surface area contributed by atoms with Crippen molar-refractivity contribution in [2.24, 2.45) is 23.2 Å². The van der Waals surface area contributed by atoms with Gasteiger partial charge in [0.1, 0.15) is 0 Å². The number of hydrogen-bond donors (Lipinski definition) is 0. The standard InChI is InChI=1S/C15H24/c1-5-6-7-12(3)15(4)13-9-8-11(2)10-14(13)15/h5-6,8,12-14H,7,9-10H2,1-4H3. The molecule has 2 rings (SSSR count). The maximum Gasteiger partial charge on any atom is -0.0229 e. The molecule has 0 radical (unpaired) electrons. The van der Waals surface area contributed by atoms with Gasteiger partial charge in [0.15, 0.2) is 0 Å². The van der Waals surface area contributed by atoms with E-state index in [9.17, 15) is 0 Å². The molecule has 4 atom stereocenters. The van der Waals surface area contributed by atoms with Crippen LogP contribution in [0.5, 0.6) is 0 Å². The molecule has 0 spiro atoms. The van der Waals surface area contributed by atoms with Gasteiger partial charge in [-0.25, -0.2) is 0 Å². The van der Waals surface area contributed by atoms with Gasteiger partial charge in [0.25, 0.3) is 0 Å². The molecule has 0 aromatic carbocycles. The normalized spacial score (nSPS) is 41.2. The van der Waals surface area contributed by atoms with Gasteiger partial charge in [-0.3, -0.25) is 0 Å². The fraction of sp³-hybridized carbons (Fsp3) is 0.733. The third kappa shape index (κ3) is 1.68. The Morgan fingerprint density at radius 1 is 1.53 bits per heavy atom. The van der Waals surface area contributed by atoms with E-state index in [-0.39, 0.29) is 0 Å². The second-order valence-electron chi connectivity index (χ2n) is 5.78. The maximum atomic E-state index is 2.52. The Labute approximate surface area is 94.5 Å². The van der Waals surface area contributed by atoms with E-state index in [1.54, 1.807) is 5.57 Å². The monoisotopic (exact) mass is 204 g/mol. The number of allylic oxidation sites excluding steroid dienone is 4. The molecule has 0 aromatic heterocycles. The molecular weight excluding hydrogens is 180 g/mol. The van der Waals surface area contributed by atoms with Crippen LogP contribution in [0.1, 0.15) is 47.0 Å². The van der Waals surface area contributed by atoms with Crippen molar-refractivity contribution in [1.29, 1.82) is 0 Å². The van der Waals surface area contributed by atoms with Gasteiger partial charge in [-0.2, -0.15) is 0 Å². The van der Waals surface area contributed by atoms with Gasteiger partial charge in [-0.05, 0) is 56.3 Å². The van der Waals surface area contributed by atoms with Crippen molar-refractivity contribution in [3.05, 3.63) is 23.8 Å². The number of fused-ring (bicyclic) bond motifs is 1. The molecule has 1 fully saturated rings. The van der Waals surface area contributed by atoms with Crippen LogP contribution in [0.25, 0.3) is 0 Å². The van der Waals surface area contributed by atoms with E-state index >= 15 is 0 Å². The molecule has 0 N–H and O–H groups in total. The summed E-state index contributed by atoms with van der Waals surface area (Å²) in [4.78, 5) is 0. The fourth-order valence-electron chi connectivity index (χ4n) is 3.59. The largest absolute Gasteiger partial charge is 0.0917 e. The summed E-state index contributed by atoms with van der Waals surface area (Å²) >= 11 is 0. The van der Waals surface area contributed by atoms with Crippen LogP contribution in [0.3, 0.4) is 0 Å². The van der Waals surface area contributed by atoms with Crippen LogP contribution in [0.4, 0.5) is 0 Å². The summed E-state index contributed by atoms with van der Waals surface area (Å²) in [5.74, 6) is 2.83. The highest BCUT2D eigenvalue weighted by molar-refractivity contribution is 5.21. The topological polar surface area (TPSA) is 0 Å². The second-order valence-corrected chi connectivity index (χ2v) is 5.78. The van der Waals surface area contributed by atoms with Crippen molar-refractivity contribution in [3.8, 4) is 0 Å². The van der Waals surface area contributed by atoms with E-state index in [1.807, 2.05) is 0 Å². The van der Waals surface area contributed by atoms with Crippen molar-refractivity contribution in [1.82, 2.24) is 0 Å². The van der Waals surface area contributed by atoms with E-state index in [0.717, 1.165) is 17.8 Å². The summed E-state index contributed by atoms with van der Waals surface area (Å²) in [6.45, 7) is 9.38. The summed E-state index contributed by atoms with van der Waals surface area (Å²) in [6.07, 6.45) is 11.0. The zero-order chi connectivity index (χ0) is 11.1. The predicted octanol–water partition coefficient (Wildman–Crippen LogP) is 4.58. The predicted molar refractivity (Wildman–Crippen MR) is 66.7 cm³/mol. The average molecular weight is 204 g/mol. The summed E-state index contributed by atoms with van der Waals surface area (Å²) < 4.78 is 0. The number of hydrogen-bond acceptors (Lipinski definition) is 0. The molecule has 2 aliphatic carbocycles. The first-order valence-corrected chi connectivity index (χ1v) is 6.37. The van der Waals surface area contributed by atoms with Crippen molar-refractivity contribution >= 4 is 0 Å². The lowest BCUT2D eigenvalue weighted by molar-refractivity contribution is 0.316. The smallest absolute Gasteiger partial charge is 0.0229 e. The average Bonchev–Trinajstić information content (AvgIpc) is 2.82. The molecule has 0 aliphatic heterocycles. The van der Waals surface area contributed by atoms with Gasteiger partial charge in [0.2, 0.25) is 0 Å². The number of rotatable bonds is 3. The van der Waals surface area contributed by atoms with Crippen LogP contribution in [0.2, 0.25) is 0 Å². The SMILES string of the molecule is CC=CCC(C)C1(C)C2CC=C(C)CC21. The first kappa shape index (κ1) is 11.0. The van der Waals surface area contributed by atoms with Crippen LogP contribution in [-0.2, 0) is 0 Å². The minimum absolute atomic E-state index is 0.633. The van der Waals surface area contributed by atoms with Crippen LogP contribution in [-0.4, -0.2) is 0 Å². The highest BCUT2D eigenvalue weighted by Crippen LogP contribution is 2.68. The van der Waals surface area contributed by atoms with Crippen molar-refractivity contribution in [3.63, 3.8) is 0 Å². The highest BCUT2D eigenvalue weighted by Gasteiger charge is 2.62. The molecule has 0 amide bonds. The van der Waals surface area contributed by atoms with Crippen LogP contribution >= 0.6 is 0 Å². The maximum absolute atomic E-state index is 2.52. The molecule has 0 bridgehead atoms. The molecule has 2 aliphatic rings. The quantitative estimate of drug-likeness (QED) is 0.590. The van der Waals surface area contributed by atoms with Crippen molar-refractivity contribution in [2.45, 2.75) is 47.0 Å². The lowest BCUT2D eigenvalue weighted by Crippen LogP contribution is -2.12. The minimum Gasteiger partial charge on any atom is -0.0917 e. The highest BCUT2D eigenvalue weighted by atomic mass is 14.7. The van der Waals surface area contributed by atoms with E-state index < -0.39 is 0 Å². The Balaban J connectivity index is 2.00. The first-order chi connectivity index (χ1) is 7.10. The van der Waals surface area contributed by atoms with Gasteiger partial charge >= 0.3 is 0 Å². The second kappa shape index (κ2) is 3.81. The molecule has 0 heteroatoms. The summed E-state index contributed by atoms with van der Waals surface area (Å²) in [7, 11) is 0. The van der Waals surface area contributed by atoms with Crippen LogP contribution < -0.4 is 0 Å². The molecule has 4 unspecified atom stereocenters. The Hall–Kier alpha value is -0.520. The van der Waals surface area contributed by atoms with E-state index in [1.165, 1.54) is 19.3 Å². The molecule has 0 nitrogen and oxygen atoms in total. The minimum atomic E-state index is 0.633. The van der Waals surface area contributed by atoms with Gasteiger partial charge < -0.3 is 0 Å². The van der Waals surface area contributed by atoms with Gasteiger partial charge in [-0.1, -0.05) is 37.6 Å². The van der Waals surface area contributed by atoms with Crippen LogP contribution in [0.15, 0.2) is 23.8 Å². The molecule has 0 saturated heterocycles. The Bertz CT molecular complexity index is 297. The molecule has 1 saturated carbocycles. The molecule has 15 heavy (non-hydrogen) atoms. The summed E-state index contributed by atoms with van der Waals surface area (Å²) in [5.41, 5.74) is 2.26. The molecule has 0 heterocycles.